The van der Waals surface area contributed by atoms with Crippen LogP contribution in [0.3, 0.4) is 0 Å². The lowest BCUT2D eigenvalue weighted by Gasteiger charge is -2.08. The number of aromatic nitrogens is 1. The van der Waals surface area contributed by atoms with Gasteiger partial charge in [0, 0.05) is 12.2 Å². The summed E-state index contributed by atoms with van der Waals surface area (Å²) >= 11 is 0. The molecule has 0 aliphatic heterocycles. The molecule has 0 saturated heterocycles. The number of hydrogen-bond donors (Lipinski definition) is 2. The van der Waals surface area contributed by atoms with E-state index in [0.29, 0.717) is 5.69 Å². The lowest BCUT2D eigenvalue weighted by molar-refractivity contribution is 0.102. The van der Waals surface area contributed by atoms with Crippen molar-refractivity contribution in [1.29, 1.82) is 0 Å². The molecule has 1 heterocycles. The SMILES string of the molecule is CCCNCc1cccc(NC(=O)c2ccc(F)cn2)c1. The van der Waals surface area contributed by atoms with Crippen LogP contribution in [-0.2, 0) is 6.54 Å². The molecule has 1 amide bonds. The fraction of sp³-hybridized carbons (Fsp3) is 0.250. The molecule has 2 rings (SSSR count). The topological polar surface area (TPSA) is 54.0 Å². The van der Waals surface area contributed by atoms with E-state index in [2.05, 4.69) is 22.5 Å². The van der Waals surface area contributed by atoms with Crippen LogP contribution in [0.2, 0.25) is 0 Å². The summed E-state index contributed by atoms with van der Waals surface area (Å²) in [6, 6.07) is 10.2. The fourth-order valence-electron chi connectivity index (χ4n) is 1.87. The largest absolute Gasteiger partial charge is 0.321 e. The maximum atomic E-state index is 12.8. The third-order valence-electron chi connectivity index (χ3n) is 2.90. The number of hydrogen-bond acceptors (Lipinski definition) is 3. The summed E-state index contributed by atoms with van der Waals surface area (Å²) in [4.78, 5) is 15.7. The summed E-state index contributed by atoms with van der Waals surface area (Å²) in [7, 11) is 0. The van der Waals surface area contributed by atoms with Crippen LogP contribution in [0.15, 0.2) is 42.6 Å². The number of nitrogens with zero attached hydrogens (tertiary/aromatic N) is 1. The Morgan fingerprint density at radius 1 is 1.29 bits per heavy atom. The first-order chi connectivity index (χ1) is 10.2. The first-order valence-corrected chi connectivity index (χ1v) is 6.91. The van der Waals surface area contributed by atoms with Gasteiger partial charge >= 0.3 is 0 Å². The van der Waals surface area contributed by atoms with Gasteiger partial charge in [-0.15, -0.1) is 0 Å². The molecule has 2 N–H and O–H groups in total. The molecule has 1 aromatic carbocycles. The molecule has 1 aromatic heterocycles. The fourth-order valence-corrected chi connectivity index (χ4v) is 1.87. The van der Waals surface area contributed by atoms with Crippen molar-refractivity contribution >= 4 is 11.6 Å². The highest BCUT2D eigenvalue weighted by Crippen LogP contribution is 2.12. The second-order valence-corrected chi connectivity index (χ2v) is 4.69. The average molecular weight is 287 g/mol. The molecule has 0 atom stereocenters. The highest BCUT2D eigenvalue weighted by atomic mass is 19.1. The van der Waals surface area contributed by atoms with Crippen molar-refractivity contribution < 1.29 is 9.18 Å². The molecule has 5 heteroatoms. The van der Waals surface area contributed by atoms with Crippen LogP contribution in [0, 0.1) is 5.82 Å². The first-order valence-electron chi connectivity index (χ1n) is 6.91. The van der Waals surface area contributed by atoms with E-state index in [0.717, 1.165) is 31.3 Å². The zero-order valence-electron chi connectivity index (χ0n) is 11.9. The average Bonchev–Trinajstić information content (AvgIpc) is 2.48. The van der Waals surface area contributed by atoms with E-state index in [4.69, 9.17) is 0 Å². The zero-order valence-corrected chi connectivity index (χ0v) is 11.9. The molecule has 0 aliphatic rings. The van der Waals surface area contributed by atoms with Gasteiger partial charge in [-0.05, 0) is 42.8 Å². The van der Waals surface area contributed by atoms with Gasteiger partial charge in [-0.1, -0.05) is 19.1 Å². The minimum atomic E-state index is -0.462. The van der Waals surface area contributed by atoms with Crippen LogP contribution in [-0.4, -0.2) is 17.4 Å². The normalized spacial score (nSPS) is 10.4. The quantitative estimate of drug-likeness (QED) is 0.803. The number of pyridine rings is 1. The number of anilines is 1. The van der Waals surface area contributed by atoms with E-state index >= 15 is 0 Å². The van der Waals surface area contributed by atoms with Crippen molar-refractivity contribution in [2.75, 3.05) is 11.9 Å². The van der Waals surface area contributed by atoms with Gasteiger partial charge in [-0.25, -0.2) is 9.37 Å². The molecule has 2 aromatic rings. The number of benzene rings is 1. The second kappa shape index (κ2) is 7.50. The van der Waals surface area contributed by atoms with Crippen molar-refractivity contribution in [2.24, 2.45) is 0 Å². The molecular weight excluding hydrogens is 269 g/mol. The third-order valence-corrected chi connectivity index (χ3v) is 2.90. The Balaban J connectivity index is 2.00. The van der Waals surface area contributed by atoms with Gasteiger partial charge in [-0.2, -0.15) is 0 Å². The van der Waals surface area contributed by atoms with Gasteiger partial charge < -0.3 is 10.6 Å². The van der Waals surface area contributed by atoms with Crippen LogP contribution < -0.4 is 10.6 Å². The van der Waals surface area contributed by atoms with Gasteiger partial charge in [0.1, 0.15) is 11.5 Å². The Bertz CT molecular complexity index is 599. The Morgan fingerprint density at radius 3 is 2.86 bits per heavy atom. The Hall–Kier alpha value is -2.27. The summed E-state index contributed by atoms with van der Waals surface area (Å²) in [5.74, 6) is -0.816. The maximum Gasteiger partial charge on any atom is 0.274 e. The minimum absolute atomic E-state index is 0.186. The second-order valence-electron chi connectivity index (χ2n) is 4.69. The van der Waals surface area contributed by atoms with E-state index in [1.165, 1.54) is 12.1 Å². The smallest absolute Gasteiger partial charge is 0.274 e. The van der Waals surface area contributed by atoms with Gasteiger partial charge in [0.25, 0.3) is 5.91 Å². The monoisotopic (exact) mass is 287 g/mol. The molecular formula is C16H18FN3O. The molecule has 4 nitrogen and oxygen atoms in total. The van der Waals surface area contributed by atoms with Crippen molar-refractivity contribution in [1.82, 2.24) is 10.3 Å². The van der Waals surface area contributed by atoms with Crippen LogP contribution in [0.4, 0.5) is 10.1 Å². The molecule has 0 radical (unpaired) electrons. The van der Waals surface area contributed by atoms with E-state index in [-0.39, 0.29) is 11.6 Å². The predicted octanol–water partition coefficient (Wildman–Crippen LogP) is 2.97. The Morgan fingerprint density at radius 2 is 2.14 bits per heavy atom. The zero-order chi connectivity index (χ0) is 15.1. The van der Waals surface area contributed by atoms with Crippen LogP contribution >= 0.6 is 0 Å². The van der Waals surface area contributed by atoms with E-state index in [1.54, 1.807) is 0 Å². The molecule has 21 heavy (non-hydrogen) atoms. The number of carbonyl (C=O) groups is 1. The highest BCUT2D eigenvalue weighted by Gasteiger charge is 2.07. The van der Waals surface area contributed by atoms with Crippen molar-refractivity contribution in [3.8, 4) is 0 Å². The number of rotatable bonds is 6. The highest BCUT2D eigenvalue weighted by molar-refractivity contribution is 6.02. The molecule has 0 bridgehead atoms. The summed E-state index contributed by atoms with van der Waals surface area (Å²) in [5.41, 5.74) is 1.97. The van der Waals surface area contributed by atoms with Gasteiger partial charge in [-0.3, -0.25) is 4.79 Å². The molecule has 0 fully saturated rings. The van der Waals surface area contributed by atoms with E-state index in [1.807, 2.05) is 24.3 Å². The number of carbonyl (C=O) groups excluding carboxylic acids is 1. The first kappa shape index (κ1) is 15.1. The summed E-state index contributed by atoms with van der Waals surface area (Å²) < 4.78 is 12.8. The summed E-state index contributed by atoms with van der Waals surface area (Å²) in [6.07, 6.45) is 2.10. The number of halogens is 1. The Labute approximate surface area is 123 Å². The molecule has 0 aliphatic carbocycles. The summed E-state index contributed by atoms with van der Waals surface area (Å²) in [6.45, 7) is 3.82. The summed E-state index contributed by atoms with van der Waals surface area (Å²) in [5, 5.41) is 6.06. The predicted molar refractivity (Wildman–Crippen MR) is 80.6 cm³/mol. The molecule has 0 saturated carbocycles. The lowest BCUT2D eigenvalue weighted by atomic mass is 10.2. The van der Waals surface area contributed by atoms with E-state index < -0.39 is 5.82 Å². The van der Waals surface area contributed by atoms with Crippen molar-refractivity contribution in [3.05, 3.63) is 59.7 Å². The lowest BCUT2D eigenvalue weighted by Crippen LogP contribution is -2.15. The van der Waals surface area contributed by atoms with Crippen molar-refractivity contribution in [2.45, 2.75) is 19.9 Å². The number of amides is 1. The minimum Gasteiger partial charge on any atom is -0.321 e. The van der Waals surface area contributed by atoms with Gasteiger partial charge in [0.15, 0.2) is 0 Å². The van der Waals surface area contributed by atoms with Crippen molar-refractivity contribution in [3.63, 3.8) is 0 Å². The standard InChI is InChI=1S/C16H18FN3O/c1-2-8-18-10-12-4-3-5-14(9-12)20-16(21)15-7-6-13(17)11-19-15/h3-7,9,11,18H,2,8,10H2,1H3,(H,20,21). The van der Waals surface area contributed by atoms with E-state index in [9.17, 15) is 9.18 Å². The van der Waals surface area contributed by atoms with Gasteiger partial charge in [0.05, 0.1) is 6.20 Å². The number of nitrogens with one attached hydrogen (secondary N) is 2. The molecule has 0 spiro atoms. The maximum absolute atomic E-state index is 12.8. The molecule has 110 valence electrons. The third kappa shape index (κ3) is 4.65. The van der Waals surface area contributed by atoms with Gasteiger partial charge in [0.2, 0.25) is 0 Å². The Kier molecular flexibility index (Phi) is 5.40. The van der Waals surface area contributed by atoms with Crippen LogP contribution in [0.25, 0.3) is 0 Å². The molecule has 0 unspecified atom stereocenters. The van der Waals surface area contributed by atoms with Crippen LogP contribution in [0.5, 0.6) is 0 Å². The van der Waals surface area contributed by atoms with Crippen LogP contribution in [0.1, 0.15) is 29.4 Å².